The zero-order chi connectivity index (χ0) is 9.80. The number of hydrogen-bond acceptors (Lipinski definition) is 2. The summed E-state index contributed by atoms with van der Waals surface area (Å²) in [5, 5.41) is 8.94. The van der Waals surface area contributed by atoms with Crippen LogP contribution >= 0.6 is 0 Å². The maximum Gasteiger partial charge on any atom is 0.308 e. The van der Waals surface area contributed by atoms with Gasteiger partial charge in [-0.15, -0.1) is 0 Å². The Kier molecular flexibility index (Phi) is 1.71. The van der Waals surface area contributed by atoms with E-state index in [0.717, 1.165) is 12.8 Å². The zero-order valence-electron chi connectivity index (χ0n) is 8.16. The molecule has 3 aliphatic rings. The Balaban J connectivity index is 2.16. The number of carbonyl (C=O) groups is 1. The fraction of sp³-hybridized carbons (Fsp3) is 0.900. The molecule has 3 fully saturated rings. The van der Waals surface area contributed by atoms with E-state index >= 15 is 0 Å². The summed E-state index contributed by atoms with van der Waals surface area (Å²) in [7, 11) is 0. The van der Waals surface area contributed by atoms with Crippen LogP contribution in [0.4, 0.5) is 0 Å². The number of aliphatic carboxylic acids is 1. The minimum Gasteiger partial charge on any atom is -0.481 e. The molecule has 13 heavy (non-hydrogen) atoms. The van der Waals surface area contributed by atoms with Gasteiger partial charge in [-0.05, 0) is 30.1 Å². The first-order valence-corrected chi connectivity index (χ1v) is 4.93. The Morgan fingerprint density at radius 1 is 1.46 bits per heavy atom. The van der Waals surface area contributed by atoms with Crippen molar-refractivity contribution in [3.05, 3.63) is 0 Å². The average molecular weight is 183 g/mol. The molecule has 3 N–H and O–H groups in total. The molecule has 2 bridgehead atoms. The van der Waals surface area contributed by atoms with E-state index in [9.17, 15) is 4.79 Å². The van der Waals surface area contributed by atoms with Gasteiger partial charge < -0.3 is 10.8 Å². The number of carboxylic acids is 1. The third-order valence-electron chi connectivity index (χ3n) is 4.33. The minimum atomic E-state index is -0.710. The predicted octanol–water partition coefficient (Wildman–Crippen LogP) is 1.08. The van der Waals surface area contributed by atoms with Crippen LogP contribution < -0.4 is 5.73 Å². The highest BCUT2D eigenvalue weighted by molar-refractivity contribution is 5.71. The summed E-state index contributed by atoms with van der Waals surface area (Å²) < 4.78 is 0. The summed E-state index contributed by atoms with van der Waals surface area (Å²) >= 11 is 0. The summed E-state index contributed by atoms with van der Waals surface area (Å²) in [6, 6.07) is -0.127. The van der Waals surface area contributed by atoms with E-state index in [1.807, 2.05) is 0 Å². The van der Waals surface area contributed by atoms with Gasteiger partial charge in [-0.25, -0.2) is 0 Å². The van der Waals surface area contributed by atoms with E-state index in [2.05, 4.69) is 13.8 Å². The third-order valence-corrected chi connectivity index (χ3v) is 4.33. The highest BCUT2D eigenvalue weighted by Gasteiger charge is 2.58. The van der Waals surface area contributed by atoms with Crippen LogP contribution in [0.15, 0.2) is 0 Å². The second kappa shape index (κ2) is 2.47. The van der Waals surface area contributed by atoms with E-state index in [-0.39, 0.29) is 17.4 Å². The highest BCUT2D eigenvalue weighted by Crippen LogP contribution is 2.60. The van der Waals surface area contributed by atoms with Crippen LogP contribution in [-0.4, -0.2) is 17.1 Å². The predicted molar refractivity (Wildman–Crippen MR) is 49.1 cm³/mol. The second-order valence-corrected chi connectivity index (χ2v) is 5.12. The molecular weight excluding hydrogens is 166 g/mol. The van der Waals surface area contributed by atoms with Crippen molar-refractivity contribution in [3.63, 3.8) is 0 Å². The van der Waals surface area contributed by atoms with Crippen molar-refractivity contribution in [1.82, 2.24) is 0 Å². The van der Waals surface area contributed by atoms with Gasteiger partial charge in [0.05, 0.1) is 5.92 Å². The van der Waals surface area contributed by atoms with Crippen molar-refractivity contribution in [1.29, 1.82) is 0 Å². The molecule has 0 heterocycles. The van der Waals surface area contributed by atoms with Gasteiger partial charge in [0, 0.05) is 6.04 Å². The van der Waals surface area contributed by atoms with Crippen LogP contribution in [0.3, 0.4) is 0 Å². The van der Waals surface area contributed by atoms with Crippen LogP contribution in [-0.2, 0) is 4.79 Å². The smallest absolute Gasteiger partial charge is 0.308 e. The Labute approximate surface area is 78.3 Å². The fourth-order valence-electron chi connectivity index (χ4n) is 3.12. The highest BCUT2D eigenvalue weighted by atomic mass is 16.4. The Bertz CT molecular complexity index is 249. The third kappa shape index (κ3) is 1.03. The minimum absolute atomic E-state index is 0.127. The van der Waals surface area contributed by atoms with Gasteiger partial charge in [-0.1, -0.05) is 13.8 Å². The number of fused-ring (bicyclic) bond motifs is 2. The monoisotopic (exact) mass is 183 g/mol. The first-order valence-electron chi connectivity index (χ1n) is 4.93. The van der Waals surface area contributed by atoms with Crippen molar-refractivity contribution >= 4 is 5.97 Å². The molecule has 0 spiro atoms. The zero-order valence-corrected chi connectivity index (χ0v) is 8.16. The summed E-state index contributed by atoms with van der Waals surface area (Å²) in [4.78, 5) is 10.9. The molecule has 0 aliphatic heterocycles. The van der Waals surface area contributed by atoms with Gasteiger partial charge in [0.2, 0.25) is 0 Å². The van der Waals surface area contributed by atoms with Gasteiger partial charge >= 0.3 is 5.97 Å². The molecule has 0 aromatic rings. The van der Waals surface area contributed by atoms with Crippen LogP contribution in [0.1, 0.15) is 26.7 Å². The molecule has 3 saturated carbocycles. The van der Waals surface area contributed by atoms with Gasteiger partial charge in [-0.2, -0.15) is 0 Å². The molecule has 3 rings (SSSR count). The molecule has 3 heteroatoms. The molecule has 0 aromatic heterocycles. The van der Waals surface area contributed by atoms with Crippen LogP contribution in [0.5, 0.6) is 0 Å². The number of carboxylic acid groups (broad SMARTS) is 1. The van der Waals surface area contributed by atoms with E-state index in [1.54, 1.807) is 0 Å². The van der Waals surface area contributed by atoms with E-state index in [1.165, 1.54) is 0 Å². The van der Waals surface area contributed by atoms with E-state index < -0.39 is 5.97 Å². The summed E-state index contributed by atoms with van der Waals surface area (Å²) in [6.07, 6.45) is 1.91. The van der Waals surface area contributed by atoms with Gasteiger partial charge in [0.15, 0.2) is 0 Å². The van der Waals surface area contributed by atoms with Gasteiger partial charge in [-0.3, -0.25) is 4.79 Å². The molecule has 3 aliphatic carbocycles. The number of nitrogens with two attached hydrogens (primary N) is 1. The molecule has 0 radical (unpaired) electrons. The topological polar surface area (TPSA) is 63.3 Å². The van der Waals surface area contributed by atoms with Crippen molar-refractivity contribution in [3.8, 4) is 0 Å². The van der Waals surface area contributed by atoms with Crippen molar-refractivity contribution in [2.45, 2.75) is 32.7 Å². The molecule has 0 amide bonds. The van der Waals surface area contributed by atoms with E-state index in [0.29, 0.717) is 11.8 Å². The largest absolute Gasteiger partial charge is 0.481 e. The molecular formula is C10H17NO2. The van der Waals surface area contributed by atoms with E-state index in [4.69, 9.17) is 10.8 Å². The summed E-state index contributed by atoms with van der Waals surface area (Å²) in [5.41, 5.74) is 6.24. The first kappa shape index (κ1) is 9.00. The average Bonchev–Trinajstić information content (AvgIpc) is 2.02. The molecule has 1 unspecified atom stereocenters. The summed E-state index contributed by atoms with van der Waals surface area (Å²) in [6.45, 7) is 4.42. The Hall–Kier alpha value is -0.570. The van der Waals surface area contributed by atoms with Crippen molar-refractivity contribution < 1.29 is 9.90 Å². The normalized spacial score (nSPS) is 46.7. The Morgan fingerprint density at radius 3 is 2.46 bits per heavy atom. The lowest BCUT2D eigenvalue weighted by atomic mass is 9.45. The van der Waals surface area contributed by atoms with Crippen LogP contribution in [0, 0.1) is 23.2 Å². The van der Waals surface area contributed by atoms with Gasteiger partial charge in [0.1, 0.15) is 0 Å². The van der Waals surface area contributed by atoms with Gasteiger partial charge in [0.25, 0.3) is 0 Å². The molecule has 4 atom stereocenters. The Morgan fingerprint density at radius 2 is 2.08 bits per heavy atom. The quantitative estimate of drug-likeness (QED) is 0.639. The van der Waals surface area contributed by atoms with Crippen LogP contribution in [0.25, 0.3) is 0 Å². The lowest BCUT2D eigenvalue weighted by molar-refractivity contribution is -0.159. The maximum atomic E-state index is 10.9. The maximum absolute atomic E-state index is 10.9. The number of hydrogen-bond donors (Lipinski definition) is 2. The SMILES string of the molecule is CC1(C)C2C[C@H](C(=O)O)[C@H](N)[C@@H]1C2. The molecule has 74 valence electrons. The van der Waals surface area contributed by atoms with Crippen molar-refractivity contribution in [2.75, 3.05) is 0 Å². The first-order chi connectivity index (χ1) is 5.94. The van der Waals surface area contributed by atoms with Crippen molar-refractivity contribution in [2.24, 2.45) is 28.9 Å². The molecule has 0 aromatic carbocycles. The fourth-order valence-corrected chi connectivity index (χ4v) is 3.12. The lowest BCUT2D eigenvalue weighted by Gasteiger charge is -2.60. The van der Waals surface area contributed by atoms with Crippen LogP contribution in [0.2, 0.25) is 0 Å². The number of rotatable bonds is 1. The second-order valence-electron chi connectivity index (χ2n) is 5.12. The molecule has 3 nitrogen and oxygen atoms in total. The molecule has 0 saturated heterocycles. The standard InChI is InChI=1S/C10H17NO2/c1-10(2)5-3-6(9(12)13)8(11)7(10)4-5/h5-8H,3-4,11H2,1-2H3,(H,12,13)/t5?,6-,7-,8-/m0/s1. The summed E-state index contributed by atoms with van der Waals surface area (Å²) in [5.74, 6) is 0.000208. The lowest BCUT2D eigenvalue weighted by Crippen LogP contribution is -2.62.